The quantitative estimate of drug-likeness (QED) is 0.609. The van der Waals surface area contributed by atoms with E-state index in [-0.39, 0.29) is 0 Å². The number of hydrogen-bond acceptors (Lipinski definition) is 4. The van der Waals surface area contributed by atoms with E-state index in [1.807, 2.05) is 24.3 Å². The second-order valence-corrected chi connectivity index (χ2v) is 6.09. The Kier molecular flexibility index (Phi) is 5.71. The number of piperazine rings is 1. The average Bonchev–Trinajstić information content (AvgIpc) is 2.46. The largest absolute Gasteiger partial charge is 0.304 e. The first-order valence-electron chi connectivity index (χ1n) is 6.82. The number of benzene rings is 1. The lowest BCUT2D eigenvalue weighted by Gasteiger charge is -2.32. The van der Waals surface area contributed by atoms with Gasteiger partial charge in [-0.1, -0.05) is 12.1 Å². The molecule has 0 bridgehead atoms. The van der Waals surface area contributed by atoms with Crippen molar-refractivity contribution < 1.29 is 0 Å². The minimum Gasteiger partial charge on any atom is -0.304 e. The van der Waals surface area contributed by atoms with Gasteiger partial charge < -0.3 is 9.80 Å². The summed E-state index contributed by atoms with van der Waals surface area (Å²) < 4.78 is 0. The molecule has 1 aromatic carbocycles. The smallest absolute Gasteiger partial charge is 0.100 e. The van der Waals surface area contributed by atoms with Crippen molar-refractivity contribution in [2.45, 2.75) is 11.3 Å². The predicted molar refractivity (Wildman–Crippen MR) is 80.4 cm³/mol. The number of nitrogens with zero attached hydrogens (tertiary/aromatic N) is 3. The van der Waals surface area contributed by atoms with Gasteiger partial charge in [-0.25, -0.2) is 0 Å². The van der Waals surface area contributed by atoms with E-state index in [0.717, 1.165) is 16.2 Å². The van der Waals surface area contributed by atoms with Gasteiger partial charge in [0.25, 0.3) is 0 Å². The number of rotatable bonds is 5. The van der Waals surface area contributed by atoms with Gasteiger partial charge in [-0.2, -0.15) is 5.26 Å². The van der Waals surface area contributed by atoms with Crippen LogP contribution in [-0.2, 0) is 0 Å². The SMILES string of the molecule is CN1CCN(CCCSc2ccccc2C#N)CC1. The van der Waals surface area contributed by atoms with Crippen LogP contribution < -0.4 is 0 Å². The molecule has 0 aliphatic carbocycles. The maximum atomic E-state index is 9.03. The van der Waals surface area contributed by atoms with Gasteiger partial charge in [-0.05, 0) is 37.9 Å². The molecule has 1 saturated heterocycles. The zero-order valence-corrected chi connectivity index (χ0v) is 12.3. The molecular formula is C15H21N3S. The zero-order valence-electron chi connectivity index (χ0n) is 11.5. The van der Waals surface area contributed by atoms with Crippen LogP contribution in [0.1, 0.15) is 12.0 Å². The maximum Gasteiger partial charge on any atom is 0.100 e. The highest BCUT2D eigenvalue weighted by molar-refractivity contribution is 7.99. The summed E-state index contributed by atoms with van der Waals surface area (Å²) in [6, 6.07) is 10.1. The number of likely N-dealkylation sites (N-methyl/N-ethyl adjacent to an activating group) is 1. The summed E-state index contributed by atoms with van der Waals surface area (Å²) in [5.41, 5.74) is 0.798. The van der Waals surface area contributed by atoms with E-state index in [9.17, 15) is 0 Å². The van der Waals surface area contributed by atoms with Gasteiger partial charge in [0.1, 0.15) is 6.07 Å². The summed E-state index contributed by atoms with van der Waals surface area (Å²) in [6.07, 6.45) is 1.19. The lowest BCUT2D eigenvalue weighted by Crippen LogP contribution is -2.44. The Balaban J connectivity index is 1.68. The number of nitriles is 1. The van der Waals surface area contributed by atoms with Gasteiger partial charge in [0, 0.05) is 31.1 Å². The Bertz CT molecular complexity index is 433. The van der Waals surface area contributed by atoms with E-state index >= 15 is 0 Å². The number of hydrogen-bond donors (Lipinski definition) is 0. The molecule has 102 valence electrons. The fourth-order valence-corrected chi connectivity index (χ4v) is 3.16. The van der Waals surface area contributed by atoms with E-state index in [1.54, 1.807) is 11.8 Å². The molecule has 1 aliphatic heterocycles. The fraction of sp³-hybridized carbons (Fsp3) is 0.533. The van der Waals surface area contributed by atoms with E-state index in [2.05, 4.69) is 22.9 Å². The third-order valence-corrected chi connectivity index (χ3v) is 4.64. The summed E-state index contributed by atoms with van der Waals surface area (Å²) in [5, 5.41) is 9.03. The molecule has 19 heavy (non-hydrogen) atoms. The van der Waals surface area contributed by atoms with Crippen LogP contribution in [0.2, 0.25) is 0 Å². The first-order valence-corrected chi connectivity index (χ1v) is 7.81. The van der Waals surface area contributed by atoms with E-state index in [4.69, 9.17) is 5.26 Å². The highest BCUT2D eigenvalue weighted by Gasteiger charge is 2.12. The van der Waals surface area contributed by atoms with Crippen LogP contribution in [-0.4, -0.2) is 55.3 Å². The summed E-state index contributed by atoms with van der Waals surface area (Å²) in [7, 11) is 2.19. The topological polar surface area (TPSA) is 30.3 Å². The van der Waals surface area contributed by atoms with Gasteiger partial charge in [0.2, 0.25) is 0 Å². The summed E-state index contributed by atoms with van der Waals surface area (Å²) in [6.45, 7) is 5.93. The predicted octanol–water partition coefficient (Wildman–Crippen LogP) is 2.29. The van der Waals surface area contributed by atoms with Crippen LogP contribution in [0.15, 0.2) is 29.2 Å². The van der Waals surface area contributed by atoms with E-state index < -0.39 is 0 Å². The van der Waals surface area contributed by atoms with E-state index in [1.165, 1.54) is 39.1 Å². The van der Waals surface area contributed by atoms with Crippen LogP contribution in [0.4, 0.5) is 0 Å². The third-order valence-electron chi connectivity index (χ3n) is 3.48. The lowest BCUT2D eigenvalue weighted by atomic mass is 10.2. The van der Waals surface area contributed by atoms with Crippen molar-refractivity contribution in [1.82, 2.24) is 9.80 Å². The normalized spacial score (nSPS) is 17.3. The Hall–Kier alpha value is -1.02. The van der Waals surface area contributed by atoms with Crippen LogP contribution in [0.3, 0.4) is 0 Å². The van der Waals surface area contributed by atoms with Crippen molar-refractivity contribution in [3.63, 3.8) is 0 Å². The van der Waals surface area contributed by atoms with Crippen LogP contribution in [0, 0.1) is 11.3 Å². The molecule has 0 aromatic heterocycles. The molecular weight excluding hydrogens is 254 g/mol. The monoisotopic (exact) mass is 275 g/mol. The van der Waals surface area contributed by atoms with Gasteiger partial charge in [-0.3, -0.25) is 0 Å². The summed E-state index contributed by atoms with van der Waals surface area (Å²) in [4.78, 5) is 6.04. The fourth-order valence-electron chi connectivity index (χ4n) is 2.23. The van der Waals surface area contributed by atoms with Crippen LogP contribution in [0.25, 0.3) is 0 Å². The first-order chi connectivity index (χ1) is 9.29. The van der Waals surface area contributed by atoms with Crippen molar-refractivity contribution in [3.8, 4) is 6.07 Å². The minimum atomic E-state index is 0.798. The molecule has 1 aromatic rings. The standard InChI is InChI=1S/C15H21N3S/c1-17-8-10-18(11-9-17)7-4-12-19-15-6-3-2-5-14(15)13-16/h2-3,5-6H,4,7-12H2,1H3. The molecule has 0 spiro atoms. The highest BCUT2D eigenvalue weighted by Crippen LogP contribution is 2.22. The molecule has 1 aliphatic rings. The Labute approximate surface area is 120 Å². The average molecular weight is 275 g/mol. The van der Waals surface area contributed by atoms with Crippen molar-refractivity contribution in [3.05, 3.63) is 29.8 Å². The molecule has 0 saturated carbocycles. The molecule has 0 unspecified atom stereocenters. The zero-order chi connectivity index (χ0) is 13.5. The summed E-state index contributed by atoms with van der Waals surface area (Å²) >= 11 is 1.80. The van der Waals surface area contributed by atoms with Crippen molar-refractivity contribution in [2.75, 3.05) is 45.5 Å². The molecule has 0 N–H and O–H groups in total. The van der Waals surface area contributed by atoms with Crippen molar-refractivity contribution in [2.24, 2.45) is 0 Å². The summed E-state index contributed by atoms with van der Waals surface area (Å²) in [5.74, 6) is 1.09. The van der Waals surface area contributed by atoms with Gasteiger partial charge in [0.05, 0.1) is 5.56 Å². The van der Waals surface area contributed by atoms with Crippen LogP contribution in [0.5, 0.6) is 0 Å². The Morgan fingerprint density at radius 3 is 2.68 bits per heavy atom. The second kappa shape index (κ2) is 7.54. The van der Waals surface area contributed by atoms with Gasteiger partial charge in [0.15, 0.2) is 0 Å². The second-order valence-electron chi connectivity index (χ2n) is 4.95. The minimum absolute atomic E-state index is 0.798. The molecule has 4 heteroatoms. The molecule has 0 amide bonds. The van der Waals surface area contributed by atoms with Gasteiger partial charge in [-0.15, -0.1) is 11.8 Å². The molecule has 2 rings (SSSR count). The maximum absolute atomic E-state index is 9.03. The molecule has 1 fully saturated rings. The first kappa shape index (κ1) is 14.4. The molecule has 3 nitrogen and oxygen atoms in total. The van der Waals surface area contributed by atoms with Crippen molar-refractivity contribution >= 4 is 11.8 Å². The highest BCUT2D eigenvalue weighted by atomic mass is 32.2. The van der Waals surface area contributed by atoms with Gasteiger partial charge >= 0.3 is 0 Å². The van der Waals surface area contributed by atoms with Crippen molar-refractivity contribution in [1.29, 1.82) is 5.26 Å². The molecule has 0 atom stereocenters. The third kappa shape index (κ3) is 4.54. The number of thioether (sulfide) groups is 1. The Morgan fingerprint density at radius 2 is 1.95 bits per heavy atom. The Morgan fingerprint density at radius 1 is 1.21 bits per heavy atom. The molecule has 0 radical (unpaired) electrons. The molecule has 1 heterocycles. The van der Waals surface area contributed by atoms with Crippen LogP contribution >= 0.6 is 11.8 Å². The van der Waals surface area contributed by atoms with E-state index in [0.29, 0.717) is 0 Å². The lowest BCUT2D eigenvalue weighted by molar-refractivity contribution is 0.154.